The van der Waals surface area contributed by atoms with Gasteiger partial charge < -0.3 is 5.32 Å². The molecule has 108 valence electrons. The summed E-state index contributed by atoms with van der Waals surface area (Å²) >= 11 is 0. The number of hydrogen-bond acceptors (Lipinski definition) is 5. The van der Waals surface area contributed by atoms with Gasteiger partial charge in [-0.15, -0.1) is 0 Å². The van der Waals surface area contributed by atoms with E-state index in [4.69, 9.17) is 5.26 Å². The van der Waals surface area contributed by atoms with Gasteiger partial charge in [0.15, 0.2) is 5.82 Å². The normalized spacial score (nSPS) is 14.0. The summed E-state index contributed by atoms with van der Waals surface area (Å²) in [5.74, 6) is 2.23. The zero-order valence-corrected chi connectivity index (χ0v) is 11.9. The molecule has 0 bridgehead atoms. The zero-order chi connectivity index (χ0) is 14.9. The minimum atomic E-state index is 0.595. The maximum Gasteiger partial charge on any atom is 0.165 e. The van der Waals surface area contributed by atoms with Gasteiger partial charge in [-0.25, -0.2) is 14.5 Å². The van der Waals surface area contributed by atoms with Crippen LogP contribution in [0.3, 0.4) is 0 Å². The van der Waals surface area contributed by atoms with E-state index in [-0.39, 0.29) is 0 Å². The molecule has 1 N–H and O–H groups in total. The number of nitrogens with one attached hydrogen (secondary N) is 1. The van der Waals surface area contributed by atoms with Gasteiger partial charge in [0.25, 0.3) is 0 Å². The third kappa shape index (κ3) is 2.37. The minimum absolute atomic E-state index is 0.595. The summed E-state index contributed by atoms with van der Waals surface area (Å²) in [6, 6.07) is 7.55. The van der Waals surface area contributed by atoms with Crippen molar-refractivity contribution in [3.05, 3.63) is 42.4 Å². The molecule has 3 aromatic heterocycles. The summed E-state index contributed by atoms with van der Waals surface area (Å²) in [4.78, 5) is 8.90. The Morgan fingerprint density at radius 1 is 1.36 bits per heavy atom. The molecule has 6 heteroatoms. The SMILES string of the molecule is N#Cc1ccn2ncc(-c3nccc(NCC4CC4)n3)c2c1. The van der Waals surface area contributed by atoms with E-state index >= 15 is 0 Å². The standard InChI is InChI=1S/C16H14N6/c17-8-12-4-6-22-14(7-12)13(10-20-22)16-18-5-3-15(21-16)19-9-11-1-2-11/h3-7,10-11H,1-2,9H2,(H,18,19,21). The van der Waals surface area contributed by atoms with Crippen molar-refractivity contribution in [2.75, 3.05) is 11.9 Å². The van der Waals surface area contributed by atoms with Crippen LogP contribution in [0, 0.1) is 17.2 Å². The number of anilines is 1. The summed E-state index contributed by atoms with van der Waals surface area (Å²) in [7, 11) is 0. The molecule has 0 saturated heterocycles. The Bertz CT molecular complexity index is 872. The predicted octanol–water partition coefficient (Wildman–Crippen LogP) is 2.48. The molecule has 1 saturated carbocycles. The molecule has 0 amide bonds. The molecular weight excluding hydrogens is 276 g/mol. The number of hydrogen-bond donors (Lipinski definition) is 1. The molecule has 3 aromatic rings. The maximum absolute atomic E-state index is 9.05. The molecule has 0 radical (unpaired) electrons. The van der Waals surface area contributed by atoms with Gasteiger partial charge in [-0.05, 0) is 37.0 Å². The highest BCUT2D eigenvalue weighted by Crippen LogP contribution is 2.29. The van der Waals surface area contributed by atoms with E-state index in [9.17, 15) is 0 Å². The Morgan fingerprint density at radius 2 is 2.27 bits per heavy atom. The molecule has 0 unspecified atom stereocenters. The fraction of sp³-hybridized carbons (Fsp3) is 0.250. The Kier molecular flexibility index (Phi) is 2.97. The Labute approximate surface area is 127 Å². The van der Waals surface area contributed by atoms with Gasteiger partial charge in [0.2, 0.25) is 0 Å². The highest BCUT2D eigenvalue weighted by atomic mass is 15.2. The second kappa shape index (κ2) is 5.11. The number of fused-ring (bicyclic) bond motifs is 1. The predicted molar refractivity (Wildman–Crippen MR) is 82.1 cm³/mol. The monoisotopic (exact) mass is 290 g/mol. The third-order valence-corrected chi connectivity index (χ3v) is 3.82. The van der Waals surface area contributed by atoms with Gasteiger partial charge in [-0.3, -0.25) is 0 Å². The maximum atomic E-state index is 9.05. The number of nitriles is 1. The highest BCUT2D eigenvalue weighted by molar-refractivity contribution is 5.77. The lowest BCUT2D eigenvalue weighted by molar-refractivity contribution is 0.881. The summed E-state index contributed by atoms with van der Waals surface area (Å²) < 4.78 is 1.73. The first-order valence-corrected chi connectivity index (χ1v) is 7.28. The largest absolute Gasteiger partial charge is 0.370 e. The molecule has 0 spiro atoms. The topological polar surface area (TPSA) is 78.9 Å². The minimum Gasteiger partial charge on any atom is -0.370 e. The fourth-order valence-electron chi connectivity index (χ4n) is 2.38. The molecule has 1 aliphatic rings. The lowest BCUT2D eigenvalue weighted by Gasteiger charge is -2.05. The third-order valence-electron chi connectivity index (χ3n) is 3.82. The molecule has 6 nitrogen and oxygen atoms in total. The van der Waals surface area contributed by atoms with Crippen LogP contribution in [0.4, 0.5) is 5.82 Å². The lowest BCUT2D eigenvalue weighted by Crippen LogP contribution is -2.05. The molecule has 3 heterocycles. The quantitative estimate of drug-likeness (QED) is 0.798. The van der Waals surface area contributed by atoms with E-state index in [0.717, 1.165) is 29.4 Å². The molecule has 0 aliphatic heterocycles. The van der Waals surface area contributed by atoms with Crippen molar-refractivity contribution in [1.82, 2.24) is 19.6 Å². The van der Waals surface area contributed by atoms with Crippen molar-refractivity contribution in [2.45, 2.75) is 12.8 Å². The van der Waals surface area contributed by atoms with Crippen molar-refractivity contribution in [3.63, 3.8) is 0 Å². The van der Waals surface area contributed by atoms with Crippen LogP contribution >= 0.6 is 0 Å². The number of aromatic nitrogens is 4. The van der Waals surface area contributed by atoms with Crippen LogP contribution in [0.5, 0.6) is 0 Å². The van der Waals surface area contributed by atoms with E-state index in [2.05, 4.69) is 26.5 Å². The zero-order valence-electron chi connectivity index (χ0n) is 11.9. The van der Waals surface area contributed by atoms with Gasteiger partial charge in [-0.2, -0.15) is 10.4 Å². The van der Waals surface area contributed by atoms with Gasteiger partial charge in [0.05, 0.1) is 28.9 Å². The first-order chi connectivity index (χ1) is 10.8. The number of nitrogens with zero attached hydrogens (tertiary/aromatic N) is 5. The summed E-state index contributed by atoms with van der Waals surface area (Å²) in [6.45, 7) is 0.962. The Morgan fingerprint density at radius 3 is 3.09 bits per heavy atom. The van der Waals surface area contributed by atoms with E-state index in [1.807, 2.05) is 6.07 Å². The second-order valence-corrected chi connectivity index (χ2v) is 5.51. The van der Waals surface area contributed by atoms with Crippen LogP contribution in [0.15, 0.2) is 36.8 Å². The fourth-order valence-corrected chi connectivity index (χ4v) is 2.38. The van der Waals surface area contributed by atoms with Crippen LogP contribution in [0.1, 0.15) is 18.4 Å². The van der Waals surface area contributed by atoms with E-state index in [1.54, 1.807) is 35.2 Å². The van der Waals surface area contributed by atoms with Crippen LogP contribution in [-0.2, 0) is 0 Å². The molecular formula is C16H14N6. The van der Waals surface area contributed by atoms with Gasteiger partial charge >= 0.3 is 0 Å². The molecule has 4 rings (SSSR count). The average molecular weight is 290 g/mol. The lowest BCUT2D eigenvalue weighted by atomic mass is 10.2. The molecule has 1 aliphatic carbocycles. The van der Waals surface area contributed by atoms with Crippen molar-refractivity contribution in [2.24, 2.45) is 5.92 Å². The molecule has 0 atom stereocenters. The molecule has 0 aromatic carbocycles. The molecule has 22 heavy (non-hydrogen) atoms. The summed E-state index contributed by atoms with van der Waals surface area (Å²) in [5.41, 5.74) is 2.25. The van der Waals surface area contributed by atoms with E-state index in [1.165, 1.54) is 12.8 Å². The van der Waals surface area contributed by atoms with Crippen molar-refractivity contribution in [1.29, 1.82) is 5.26 Å². The Balaban J connectivity index is 1.71. The van der Waals surface area contributed by atoms with Crippen LogP contribution in [-0.4, -0.2) is 26.1 Å². The van der Waals surface area contributed by atoms with Crippen LogP contribution in [0.2, 0.25) is 0 Å². The van der Waals surface area contributed by atoms with Crippen molar-refractivity contribution >= 4 is 11.3 Å². The summed E-state index contributed by atoms with van der Waals surface area (Å²) in [5, 5.41) is 16.7. The summed E-state index contributed by atoms with van der Waals surface area (Å²) in [6.07, 6.45) is 7.85. The first kappa shape index (κ1) is 12.8. The number of rotatable bonds is 4. The van der Waals surface area contributed by atoms with Crippen LogP contribution in [0.25, 0.3) is 16.9 Å². The van der Waals surface area contributed by atoms with Crippen molar-refractivity contribution in [3.8, 4) is 17.5 Å². The van der Waals surface area contributed by atoms with E-state index in [0.29, 0.717) is 11.4 Å². The van der Waals surface area contributed by atoms with Crippen LogP contribution < -0.4 is 5.32 Å². The van der Waals surface area contributed by atoms with Gasteiger partial charge in [0.1, 0.15) is 5.82 Å². The average Bonchev–Trinajstić information content (AvgIpc) is 3.30. The van der Waals surface area contributed by atoms with Gasteiger partial charge in [0, 0.05) is 18.9 Å². The van der Waals surface area contributed by atoms with Gasteiger partial charge in [-0.1, -0.05) is 0 Å². The second-order valence-electron chi connectivity index (χ2n) is 5.51. The number of pyridine rings is 1. The highest BCUT2D eigenvalue weighted by Gasteiger charge is 2.20. The van der Waals surface area contributed by atoms with E-state index < -0.39 is 0 Å². The smallest absolute Gasteiger partial charge is 0.165 e. The molecule has 1 fully saturated rings. The first-order valence-electron chi connectivity index (χ1n) is 7.28. The van der Waals surface area contributed by atoms with Crippen molar-refractivity contribution < 1.29 is 0 Å². The Hall–Kier alpha value is -2.94.